The Balaban J connectivity index is 1.99. The van der Waals surface area contributed by atoms with Crippen LogP contribution in [0.4, 0.5) is 0 Å². The summed E-state index contributed by atoms with van der Waals surface area (Å²) >= 11 is 0. The zero-order chi connectivity index (χ0) is 29.7. The van der Waals surface area contributed by atoms with E-state index >= 15 is 0 Å². The van der Waals surface area contributed by atoms with Gasteiger partial charge in [0.15, 0.2) is 0 Å². The van der Waals surface area contributed by atoms with Crippen LogP contribution < -0.4 is 20.2 Å². The summed E-state index contributed by atoms with van der Waals surface area (Å²) in [6.07, 6.45) is 2.67. The van der Waals surface area contributed by atoms with Gasteiger partial charge in [0, 0.05) is 34.8 Å². The van der Waals surface area contributed by atoms with Crippen molar-refractivity contribution >= 4 is 45.2 Å². The van der Waals surface area contributed by atoms with Gasteiger partial charge in [-0.3, -0.25) is 4.98 Å². The number of carbonyl (C=O) groups is 2. The molecule has 2 atom stereocenters. The third kappa shape index (κ3) is 4.67. The van der Waals surface area contributed by atoms with Crippen molar-refractivity contribution in [2.45, 2.75) is 72.6 Å². The Kier molecular flexibility index (Phi) is 7.19. The van der Waals surface area contributed by atoms with Gasteiger partial charge in [0.1, 0.15) is 0 Å². The SMILES string of the molecule is C=CC1=C(C)c2cc3nc(c(C)c4[n-]c(cc5[n-]c(cc1n2)c(C)c5CC)c(C)c4C(=O)[O-])[C@@H](CCC(=O)[O-])[C@@H]3C. The average Bonchev–Trinajstić information content (AvgIpc) is 3.60. The molecule has 0 unspecified atom stereocenters. The molecule has 5 rings (SSSR count). The van der Waals surface area contributed by atoms with E-state index in [1.807, 2.05) is 39.0 Å². The molecule has 8 nitrogen and oxygen atoms in total. The van der Waals surface area contributed by atoms with Gasteiger partial charge in [-0.25, -0.2) is 4.98 Å². The maximum absolute atomic E-state index is 12.4. The minimum absolute atomic E-state index is 0.00556. The quantitative estimate of drug-likeness (QED) is 0.452. The molecule has 0 amide bonds. The van der Waals surface area contributed by atoms with Gasteiger partial charge in [-0.15, -0.1) is 22.1 Å². The lowest BCUT2D eigenvalue weighted by atomic mass is 9.85. The van der Waals surface area contributed by atoms with Crippen molar-refractivity contribution in [2.24, 2.45) is 0 Å². The molecule has 0 N–H and O–H groups in total. The van der Waals surface area contributed by atoms with Crippen LogP contribution in [0.15, 0.2) is 30.9 Å². The van der Waals surface area contributed by atoms with Crippen LogP contribution in [0, 0.1) is 20.8 Å². The van der Waals surface area contributed by atoms with Gasteiger partial charge in [0.25, 0.3) is 0 Å². The van der Waals surface area contributed by atoms with Crippen molar-refractivity contribution in [3.8, 4) is 0 Å². The molecule has 3 aromatic heterocycles. The van der Waals surface area contributed by atoms with Crippen molar-refractivity contribution in [1.82, 2.24) is 19.9 Å². The number of aliphatic carboxylic acids is 1. The molecule has 0 radical (unpaired) electrons. The molecule has 0 saturated carbocycles. The predicted octanol–water partition coefficient (Wildman–Crippen LogP) is 3.96. The summed E-state index contributed by atoms with van der Waals surface area (Å²) in [6.45, 7) is 15.6. The number of carboxylic acids is 2. The maximum Gasteiger partial charge on any atom is 0.0705 e. The third-order valence-corrected chi connectivity index (χ3v) is 8.58. The molecule has 0 saturated heterocycles. The Morgan fingerprint density at radius 1 is 0.951 bits per heavy atom. The first kappa shape index (κ1) is 28.1. The van der Waals surface area contributed by atoms with E-state index in [-0.39, 0.29) is 29.3 Å². The highest BCUT2D eigenvalue weighted by Gasteiger charge is 2.30. The van der Waals surface area contributed by atoms with Crippen molar-refractivity contribution in [1.29, 1.82) is 0 Å². The summed E-state index contributed by atoms with van der Waals surface area (Å²) in [5, 5.41) is 23.8. The number of allylic oxidation sites excluding steroid dienone is 3. The average molecular weight is 549 g/mol. The molecule has 5 heterocycles. The normalized spacial score (nSPS) is 16.7. The van der Waals surface area contributed by atoms with Crippen LogP contribution in [-0.4, -0.2) is 21.9 Å². The highest BCUT2D eigenvalue weighted by molar-refractivity contribution is 6.01. The summed E-state index contributed by atoms with van der Waals surface area (Å²) in [5.74, 6) is -2.89. The minimum atomic E-state index is -1.33. The van der Waals surface area contributed by atoms with Crippen LogP contribution in [0.3, 0.4) is 0 Å². The maximum atomic E-state index is 12.4. The van der Waals surface area contributed by atoms with Gasteiger partial charge < -0.3 is 29.8 Å². The molecule has 3 aromatic rings. The summed E-state index contributed by atoms with van der Waals surface area (Å²) in [7, 11) is 0. The number of hydrogen-bond donors (Lipinski definition) is 0. The molecule has 2 aliphatic heterocycles. The Morgan fingerprint density at radius 3 is 2.29 bits per heavy atom. The van der Waals surface area contributed by atoms with E-state index in [2.05, 4.69) is 13.5 Å². The predicted molar refractivity (Wildman–Crippen MR) is 155 cm³/mol. The summed E-state index contributed by atoms with van der Waals surface area (Å²) in [4.78, 5) is 43.4. The summed E-state index contributed by atoms with van der Waals surface area (Å²) < 4.78 is 0. The van der Waals surface area contributed by atoms with Crippen LogP contribution in [0.25, 0.3) is 33.2 Å². The highest BCUT2D eigenvalue weighted by Crippen LogP contribution is 2.42. The van der Waals surface area contributed by atoms with E-state index < -0.39 is 11.9 Å². The number of aromatic carboxylic acids is 1. The van der Waals surface area contributed by atoms with E-state index in [0.717, 1.165) is 56.8 Å². The van der Waals surface area contributed by atoms with Gasteiger partial charge in [-0.2, -0.15) is 0 Å². The molecule has 2 aliphatic rings. The fraction of sp³-hybridized carbons (Fsp3) is 0.333. The first-order valence-electron chi connectivity index (χ1n) is 13.8. The topological polar surface area (TPSA) is 134 Å². The van der Waals surface area contributed by atoms with E-state index in [1.54, 1.807) is 19.9 Å². The van der Waals surface area contributed by atoms with Crippen LogP contribution in [0.2, 0.25) is 0 Å². The van der Waals surface area contributed by atoms with E-state index in [9.17, 15) is 19.8 Å². The Bertz CT molecular complexity index is 1820. The second kappa shape index (κ2) is 10.5. The Hall–Kier alpha value is -4.46. The molecular weight excluding hydrogens is 516 g/mol. The van der Waals surface area contributed by atoms with Gasteiger partial charge in [-0.1, -0.05) is 55.3 Å². The fourth-order valence-electron chi connectivity index (χ4n) is 6.15. The molecule has 8 heteroatoms. The largest absolute Gasteiger partial charge is 0.657 e. The number of fused-ring (bicyclic) bond motifs is 8. The Labute approximate surface area is 238 Å². The smallest absolute Gasteiger partial charge is 0.0705 e. The first-order valence-corrected chi connectivity index (χ1v) is 13.8. The molecule has 0 fully saturated rings. The number of carbonyl (C=O) groups excluding carboxylic acids is 2. The number of aromatic nitrogens is 4. The lowest BCUT2D eigenvalue weighted by molar-refractivity contribution is -0.305. The lowest BCUT2D eigenvalue weighted by Gasteiger charge is -2.19. The van der Waals surface area contributed by atoms with Gasteiger partial charge >= 0.3 is 0 Å². The van der Waals surface area contributed by atoms with Crippen molar-refractivity contribution in [3.05, 3.63) is 81.4 Å². The van der Waals surface area contributed by atoms with Crippen LogP contribution >= 0.6 is 0 Å². The Morgan fingerprint density at radius 2 is 1.66 bits per heavy atom. The first-order chi connectivity index (χ1) is 19.5. The van der Waals surface area contributed by atoms with E-state index in [4.69, 9.17) is 19.9 Å². The molecule has 0 aliphatic carbocycles. The minimum Gasteiger partial charge on any atom is -0.657 e. The molecule has 8 bridgehead atoms. The number of rotatable bonds is 6. The van der Waals surface area contributed by atoms with Crippen molar-refractivity contribution in [2.75, 3.05) is 0 Å². The third-order valence-electron chi connectivity index (χ3n) is 8.58. The zero-order valence-electron chi connectivity index (χ0n) is 24.2. The van der Waals surface area contributed by atoms with Gasteiger partial charge in [-0.05, 0) is 69.7 Å². The summed E-state index contributed by atoms with van der Waals surface area (Å²) in [5.41, 5.74) is 10.1. The lowest BCUT2D eigenvalue weighted by Crippen LogP contribution is -2.23. The van der Waals surface area contributed by atoms with Crippen molar-refractivity contribution in [3.63, 3.8) is 0 Å². The standard InChI is InChI=1S/C33H36N4O4/c1-8-20-15(3)23-12-25-17(5)22(10-11-29(38)39)31(36-25)19(7)32-30(33(40)41)18(6)26(37-32)14-28-21(9-2)16(4)24(35-28)13-27(20)34-23/h8,12-14,17,22H,1,9-11H2,2-7H3,(H4,34,35,36,37,38,39,40,41)/p-4/t17-,22-/m0/s1. The second-order valence-electron chi connectivity index (χ2n) is 10.9. The van der Waals surface area contributed by atoms with E-state index in [1.165, 1.54) is 0 Å². The fourth-order valence-corrected chi connectivity index (χ4v) is 6.15. The number of nitrogens with zero attached hydrogens (tertiary/aromatic N) is 4. The molecule has 0 spiro atoms. The summed E-state index contributed by atoms with van der Waals surface area (Å²) in [6, 6.07) is 5.72. The zero-order valence-corrected chi connectivity index (χ0v) is 24.2. The second-order valence-corrected chi connectivity index (χ2v) is 10.9. The number of aryl methyl sites for hydroxylation is 4. The molecule has 212 valence electrons. The monoisotopic (exact) mass is 548 g/mol. The van der Waals surface area contributed by atoms with E-state index in [0.29, 0.717) is 28.8 Å². The van der Waals surface area contributed by atoms with Crippen molar-refractivity contribution < 1.29 is 19.8 Å². The van der Waals surface area contributed by atoms with Gasteiger partial charge in [0.2, 0.25) is 0 Å². The molecular formula is C33H32N4O4-4. The van der Waals surface area contributed by atoms with Gasteiger partial charge in [0.05, 0.1) is 17.4 Å². The highest BCUT2D eigenvalue weighted by atomic mass is 16.4. The van der Waals surface area contributed by atoms with Crippen LogP contribution in [0.1, 0.15) is 101 Å². The molecule has 41 heavy (non-hydrogen) atoms. The van der Waals surface area contributed by atoms with Crippen LogP contribution in [0.5, 0.6) is 0 Å². The number of carboxylic acid groups (broad SMARTS) is 2. The van der Waals surface area contributed by atoms with Crippen LogP contribution in [-0.2, 0) is 11.2 Å². The molecule has 0 aromatic carbocycles. The number of hydrogen-bond acceptors (Lipinski definition) is 6.